The molecular weight excluding hydrogens is 528 g/mol. The summed E-state index contributed by atoms with van der Waals surface area (Å²) in [5, 5.41) is 17.6. The van der Waals surface area contributed by atoms with Crippen molar-refractivity contribution in [1.29, 1.82) is 5.26 Å². The highest BCUT2D eigenvalue weighted by Crippen LogP contribution is 2.36. The van der Waals surface area contributed by atoms with Crippen molar-refractivity contribution in [3.05, 3.63) is 77.8 Å². The van der Waals surface area contributed by atoms with Crippen LogP contribution in [0.1, 0.15) is 30.2 Å². The Bertz CT molecular complexity index is 1430. The van der Waals surface area contributed by atoms with Crippen LogP contribution in [0.3, 0.4) is 0 Å². The van der Waals surface area contributed by atoms with Gasteiger partial charge in [-0.3, -0.25) is 10.1 Å². The van der Waals surface area contributed by atoms with Crippen LogP contribution < -0.4 is 10.6 Å². The zero-order valence-corrected chi connectivity index (χ0v) is 20.5. The molecule has 200 valence electrons. The topological polar surface area (TPSA) is 125 Å². The summed E-state index contributed by atoms with van der Waals surface area (Å²) < 4.78 is 86.4. The number of rotatable bonds is 10. The molecule has 1 amide bonds. The van der Waals surface area contributed by atoms with Crippen LogP contribution in [0.15, 0.2) is 65.2 Å². The van der Waals surface area contributed by atoms with E-state index in [9.17, 15) is 36.0 Å². The Morgan fingerprint density at radius 1 is 1.13 bits per heavy atom. The Hall–Kier alpha value is -3.76. The van der Waals surface area contributed by atoms with E-state index in [2.05, 4.69) is 15.8 Å². The quantitative estimate of drug-likeness (QED) is 0.368. The Labute approximate surface area is 215 Å². The van der Waals surface area contributed by atoms with Gasteiger partial charge in [0, 0.05) is 11.6 Å². The molecule has 1 aliphatic rings. The Morgan fingerprint density at radius 3 is 2.37 bits per heavy atom. The average Bonchev–Trinajstić information content (AvgIpc) is 3.49. The normalized spacial score (nSPS) is 16.3. The molecule has 8 nitrogen and oxygen atoms in total. The third-order valence-corrected chi connectivity index (χ3v) is 7.52. The number of aromatic nitrogens is 1. The van der Waals surface area contributed by atoms with E-state index in [1.54, 1.807) is 30.3 Å². The number of nitrogens with zero attached hydrogens (tertiary/aromatic N) is 2. The number of nitrogens with one attached hydrogen (secondary N) is 2. The van der Waals surface area contributed by atoms with Crippen LogP contribution in [0.25, 0.3) is 11.3 Å². The van der Waals surface area contributed by atoms with Gasteiger partial charge in [-0.05, 0) is 30.5 Å². The van der Waals surface area contributed by atoms with Gasteiger partial charge in [-0.15, -0.1) is 0 Å². The minimum absolute atomic E-state index is 0.0652. The van der Waals surface area contributed by atoms with Crippen LogP contribution in [-0.2, 0) is 20.4 Å². The molecule has 3 aromatic rings. The predicted octanol–water partition coefficient (Wildman–Crippen LogP) is 3.83. The third kappa shape index (κ3) is 6.76. The van der Waals surface area contributed by atoms with Crippen molar-refractivity contribution in [3.8, 4) is 17.3 Å². The molecule has 4 rings (SSSR count). The monoisotopic (exact) mass is 550 g/mol. The lowest BCUT2D eigenvalue weighted by Crippen LogP contribution is -2.54. The molecule has 0 saturated heterocycles. The van der Waals surface area contributed by atoms with Gasteiger partial charge in [-0.1, -0.05) is 47.6 Å². The van der Waals surface area contributed by atoms with E-state index in [1.807, 2.05) is 6.07 Å². The van der Waals surface area contributed by atoms with Crippen LogP contribution in [0.4, 0.5) is 17.6 Å². The molecule has 0 aliphatic heterocycles. The van der Waals surface area contributed by atoms with Gasteiger partial charge in [0.15, 0.2) is 15.6 Å². The lowest BCUT2D eigenvalue weighted by molar-refractivity contribution is -0.160. The highest BCUT2D eigenvalue weighted by atomic mass is 32.2. The first-order valence-electron chi connectivity index (χ1n) is 11.4. The number of nitriles is 1. The van der Waals surface area contributed by atoms with Crippen LogP contribution in [0, 0.1) is 17.1 Å². The highest BCUT2D eigenvalue weighted by Gasteiger charge is 2.48. The van der Waals surface area contributed by atoms with Crippen molar-refractivity contribution in [2.75, 3.05) is 5.75 Å². The Balaban J connectivity index is 1.58. The zero-order valence-electron chi connectivity index (χ0n) is 19.7. The van der Waals surface area contributed by atoms with Gasteiger partial charge in [0.05, 0.1) is 11.8 Å². The van der Waals surface area contributed by atoms with E-state index in [-0.39, 0.29) is 18.6 Å². The molecule has 13 heteroatoms. The Kier molecular flexibility index (Phi) is 7.57. The fourth-order valence-corrected chi connectivity index (χ4v) is 5.25. The first-order chi connectivity index (χ1) is 17.9. The molecule has 1 aromatic heterocycles. The number of carbonyl (C=O) groups is 1. The molecule has 2 atom stereocenters. The molecule has 1 fully saturated rings. The predicted molar refractivity (Wildman–Crippen MR) is 127 cm³/mol. The summed E-state index contributed by atoms with van der Waals surface area (Å²) in [7, 11) is -4.24. The van der Waals surface area contributed by atoms with Gasteiger partial charge in [-0.25, -0.2) is 12.8 Å². The number of carbonyl (C=O) groups excluding carboxylic acids is 1. The Morgan fingerprint density at radius 2 is 1.79 bits per heavy atom. The summed E-state index contributed by atoms with van der Waals surface area (Å²) in [5.74, 6) is -3.67. The summed E-state index contributed by atoms with van der Waals surface area (Å²) in [5.41, 5.74) is -0.642. The smallest absolute Gasteiger partial charge is 0.360 e. The van der Waals surface area contributed by atoms with Gasteiger partial charge in [0.1, 0.15) is 34.9 Å². The molecule has 1 saturated carbocycles. The molecular formula is C25H22F4N4O4S. The van der Waals surface area contributed by atoms with Crippen molar-refractivity contribution < 1.29 is 35.3 Å². The summed E-state index contributed by atoms with van der Waals surface area (Å²) in [4.78, 5) is 13.0. The van der Waals surface area contributed by atoms with Crippen LogP contribution >= 0.6 is 0 Å². The van der Waals surface area contributed by atoms with Gasteiger partial charge in [-0.2, -0.15) is 18.4 Å². The van der Waals surface area contributed by atoms with Crippen molar-refractivity contribution >= 4 is 15.7 Å². The van der Waals surface area contributed by atoms with Gasteiger partial charge < -0.3 is 9.84 Å². The van der Waals surface area contributed by atoms with Crippen LogP contribution in [-0.4, -0.2) is 43.0 Å². The van der Waals surface area contributed by atoms with E-state index in [0.29, 0.717) is 11.3 Å². The molecule has 0 radical (unpaired) electrons. The fourth-order valence-electron chi connectivity index (χ4n) is 3.80. The minimum atomic E-state index is -4.96. The maximum absolute atomic E-state index is 14.0. The van der Waals surface area contributed by atoms with Crippen molar-refractivity contribution in [2.24, 2.45) is 0 Å². The zero-order chi connectivity index (χ0) is 27.6. The summed E-state index contributed by atoms with van der Waals surface area (Å²) >= 11 is 0. The van der Waals surface area contributed by atoms with Crippen molar-refractivity contribution in [3.63, 3.8) is 0 Å². The maximum atomic E-state index is 14.0. The number of halogens is 4. The summed E-state index contributed by atoms with van der Waals surface area (Å²) in [6.07, 6.45) is -4.38. The molecule has 1 unspecified atom stereocenters. The molecule has 2 N–H and O–H groups in total. The van der Waals surface area contributed by atoms with E-state index < -0.39 is 62.4 Å². The SMILES string of the molecule is N#CC1(NC(=O)C(CS(=O)(=O)Cc2cc(-c3ccccc3)no2)N[C@H](c2ccc(F)cc2)C(F)(F)F)CC1. The molecule has 2 aromatic carbocycles. The van der Waals surface area contributed by atoms with Gasteiger partial charge >= 0.3 is 6.18 Å². The number of hydrogen-bond donors (Lipinski definition) is 2. The van der Waals surface area contributed by atoms with E-state index in [0.717, 1.165) is 24.3 Å². The molecule has 38 heavy (non-hydrogen) atoms. The first kappa shape index (κ1) is 27.3. The summed E-state index contributed by atoms with van der Waals surface area (Å²) in [6, 6.07) is 11.1. The second-order valence-corrected chi connectivity index (χ2v) is 11.1. The van der Waals surface area contributed by atoms with E-state index >= 15 is 0 Å². The standard InChI is InChI=1S/C25H22F4N4O4S/c26-18-8-6-17(7-9-18)22(25(27,28)29)31-21(23(34)32-24(15-30)10-11-24)14-38(35,36)13-19-12-20(33-37-19)16-4-2-1-3-5-16/h1-9,12,21-22,31H,10-11,13-14H2,(H,32,34)/t21?,22-/m1/s1. The van der Waals surface area contributed by atoms with E-state index in [1.165, 1.54) is 6.07 Å². The first-order valence-corrected chi connectivity index (χ1v) is 13.2. The van der Waals surface area contributed by atoms with Crippen molar-refractivity contribution in [1.82, 2.24) is 15.8 Å². The van der Waals surface area contributed by atoms with E-state index in [4.69, 9.17) is 4.52 Å². The second kappa shape index (κ2) is 10.5. The van der Waals surface area contributed by atoms with Gasteiger partial charge in [0.25, 0.3) is 0 Å². The largest absolute Gasteiger partial charge is 0.407 e. The summed E-state index contributed by atoms with van der Waals surface area (Å²) in [6.45, 7) is 0. The van der Waals surface area contributed by atoms with Gasteiger partial charge in [0.2, 0.25) is 5.91 Å². The third-order valence-electron chi connectivity index (χ3n) is 5.95. The van der Waals surface area contributed by atoms with Crippen molar-refractivity contribution in [2.45, 2.75) is 42.4 Å². The fraction of sp³-hybridized carbons (Fsp3) is 0.320. The lowest BCUT2D eigenvalue weighted by Gasteiger charge is -2.28. The average molecular weight is 551 g/mol. The lowest BCUT2D eigenvalue weighted by atomic mass is 10.0. The number of amides is 1. The molecule has 0 spiro atoms. The minimum Gasteiger partial charge on any atom is -0.360 e. The maximum Gasteiger partial charge on any atom is 0.407 e. The number of hydrogen-bond acceptors (Lipinski definition) is 7. The number of alkyl halides is 3. The highest BCUT2D eigenvalue weighted by molar-refractivity contribution is 7.90. The number of benzene rings is 2. The molecule has 0 bridgehead atoms. The van der Waals surface area contributed by atoms with Crippen LogP contribution in [0.2, 0.25) is 0 Å². The second-order valence-electron chi connectivity index (χ2n) is 9.03. The molecule has 1 heterocycles. The van der Waals surface area contributed by atoms with Crippen LogP contribution in [0.5, 0.6) is 0 Å². The number of sulfone groups is 1. The molecule has 1 aliphatic carbocycles.